The highest BCUT2D eigenvalue weighted by atomic mass is 32.2. The van der Waals surface area contributed by atoms with E-state index in [2.05, 4.69) is 4.98 Å². The first-order valence-corrected chi connectivity index (χ1v) is 12.2. The summed E-state index contributed by atoms with van der Waals surface area (Å²) >= 11 is 1.30. The van der Waals surface area contributed by atoms with E-state index in [1.807, 2.05) is 68.4 Å². The number of amides is 1. The molecule has 0 saturated heterocycles. The molecule has 0 spiro atoms. The molecule has 4 aromatic rings. The van der Waals surface area contributed by atoms with E-state index in [4.69, 9.17) is 10.7 Å². The van der Waals surface area contributed by atoms with Crippen molar-refractivity contribution in [2.45, 2.75) is 32.3 Å². The molecule has 3 N–H and O–H groups in total. The molecule has 0 bridgehead atoms. The lowest BCUT2D eigenvalue weighted by molar-refractivity contribution is -0.116. The van der Waals surface area contributed by atoms with Gasteiger partial charge >= 0.3 is 5.69 Å². The summed E-state index contributed by atoms with van der Waals surface area (Å²) in [6.45, 7) is 6.18. The van der Waals surface area contributed by atoms with Gasteiger partial charge in [-0.1, -0.05) is 60.3 Å². The summed E-state index contributed by atoms with van der Waals surface area (Å²) in [5, 5.41) is 1.81. The van der Waals surface area contributed by atoms with Crippen LogP contribution in [0.4, 0.5) is 11.5 Å². The Morgan fingerprint density at radius 3 is 2.54 bits per heavy atom. The SMILES string of the molecule is CCN(C(=O)CSc1cc(C)c2cccc(C)c2n1)c1c(N)n(Cc2ccccc2)c(=O)[nH]c1=O. The first-order chi connectivity index (χ1) is 16.8. The number of nitrogen functional groups attached to an aromatic ring is 1. The van der Waals surface area contributed by atoms with Crippen LogP contribution in [0.3, 0.4) is 0 Å². The highest BCUT2D eigenvalue weighted by Crippen LogP contribution is 2.26. The normalized spacial score (nSPS) is 11.1. The second-order valence-electron chi connectivity index (χ2n) is 8.24. The zero-order valence-electron chi connectivity index (χ0n) is 19.9. The third-order valence-electron chi connectivity index (χ3n) is 5.85. The van der Waals surface area contributed by atoms with Gasteiger partial charge in [0.05, 0.1) is 22.8 Å². The van der Waals surface area contributed by atoms with Crippen LogP contribution < -0.4 is 21.9 Å². The number of carbonyl (C=O) groups is 1. The molecular formula is C26H27N5O3S. The largest absolute Gasteiger partial charge is 0.383 e. The van der Waals surface area contributed by atoms with E-state index in [9.17, 15) is 14.4 Å². The fourth-order valence-corrected chi connectivity index (χ4v) is 4.88. The van der Waals surface area contributed by atoms with Crippen LogP contribution in [0, 0.1) is 13.8 Å². The van der Waals surface area contributed by atoms with Gasteiger partial charge in [0.1, 0.15) is 5.82 Å². The topological polar surface area (TPSA) is 114 Å². The number of aryl methyl sites for hydroxylation is 2. The molecular weight excluding hydrogens is 462 g/mol. The van der Waals surface area contributed by atoms with Crippen LogP contribution in [0.5, 0.6) is 0 Å². The van der Waals surface area contributed by atoms with Gasteiger partial charge in [-0.3, -0.25) is 19.1 Å². The number of nitrogens with zero attached hydrogens (tertiary/aromatic N) is 3. The molecule has 180 valence electrons. The van der Waals surface area contributed by atoms with Crippen LogP contribution in [0.15, 0.2) is 69.2 Å². The number of para-hydroxylation sites is 1. The molecule has 2 heterocycles. The molecule has 2 aromatic heterocycles. The van der Waals surface area contributed by atoms with Gasteiger partial charge in [0.25, 0.3) is 5.56 Å². The van der Waals surface area contributed by atoms with Gasteiger partial charge in [0.15, 0.2) is 5.69 Å². The Labute approximate surface area is 206 Å². The van der Waals surface area contributed by atoms with E-state index in [0.29, 0.717) is 0 Å². The summed E-state index contributed by atoms with van der Waals surface area (Å²) in [4.78, 5) is 46.8. The van der Waals surface area contributed by atoms with Crippen LogP contribution in [0.25, 0.3) is 10.9 Å². The van der Waals surface area contributed by atoms with Crippen LogP contribution in [-0.2, 0) is 11.3 Å². The van der Waals surface area contributed by atoms with Crippen molar-refractivity contribution < 1.29 is 4.79 Å². The number of pyridine rings is 1. The predicted octanol–water partition coefficient (Wildman–Crippen LogP) is 3.48. The number of H-pyrrole nitrogens is 1. The molecule has 2 aromatic carbocycles. The second kappa shape index (κ2) is 10.2. The minimum atomic E-state index is -0.688. The lowest BCUT2D eigenvalue weighted by Gasteiger charge is -2.23. The maximum absolute atomic E-state index is 13.2. The molecule has 0 fully saturated rings. The van der Waals surface area contributed by atoms with Crippen molar-refractivity contribution in [3.63, 3.8) is 0 Å². The van der Waals surface area contributed by atoms with Gasteiger partial charge in [-0.25, -0.2) is 9.78 Å². The molecule has 0 aliphatic carbocycles. The van der Waals surface area contributed by atoms with Crippen LogP contribution in [0.2, 0.25) is 0 Å². The number of benzene rings is 2. The first-order valence-electron chi connectivity index (χ1n) is 11.3. The molecule has 0 unspecified atom stereocenters. The van der Waals surface area contributed by atoms with Crippen molar-refractivity contribution in [2.75, 3.05) is 22.9 Å². The highest BCUT2D eigenvalue weighted by molar-refractivity contribution is 7.99. The quantitative estimate of drug-likeness (QED) is 0.384. The summed E-state index contributed by atoms with van der Waals surface area (Å²) in [6.07, 6.45) is 0. The van der Waals surface area contributed by atoms with Gasteiger partial charge in [-0.2, -0.15) is 0 Å². The molecule has 35 heavy (non-hydrogen) atoms. The van der Waals surface area contributed by atoms with E-state index in [-0.39, 0.29) is 36.3 Å². The molecule has 0 saturated carbocycles. The van der Waals surface area contributed by atoms with Gasteiger partial charge in [-0.05, 0) is 43.5 Å². The van der Waals surface area contributed by atoms with E-state index in [1.54, 1.807) is 6.92 Å². The number of rotatable bonds is 7. The maximum Gasteiger partial charge on any atom is 0.330 e. The van der Waals surface area contributed by atoms with Crippen LogP contribution in [-0.4, -0.2) is 32.7 Å². The number of thioether (sulfide) groups is 1. The third-order valence-corrected chi connectivity index (χ3v) is 6.75. The fraction of sp³-hybridized carbons (Fsp3) is 0.231. The van der Waals surface area contributed by atoms with Crippen LogP contribution in [0.1, 0.15) is 23.6 Å². The Morgan fingerprint density at radius 2 is 1.83 bits per heavy atom. The number of fused-ring (bicyclic) bond motifs is 1. The van der Waals surface area contributed by atoms with E-state index in [1.165, 1.54) is 21.2 Å². The van der Waals surface area contributed by atoms with Crippen molar-refractivity contribution in [3.8, 4) is 0 Å². The number of hydrogen-bond acceptors (Lipinski definition) is 6. The lowest BCUT2D eigenvalue weighted by Crippen LogP contribution is -2.41. The molecule has 9 heteroatoms. The zero-order chi connectivity index (χ0) is 25.1. The minimum Gasteiger partial charge on any atom is -0.383 e. The van der Waals surface area contributed by atoms with E-state index in [0.717, 1.165) is 32.6 Å². The Hall–Kier alpha value is -3.85. The standard InChI is InChI=1S/C26H27N5O3S/c1-4-30(21(32)15-35-20-13-17(3)19-12-8-9-16(2)22(19)28-20)23-24(27)31(26(34)29-25(23)33)14-18-10-6-5-7-11-18/h5-13H,4,14-15,27H2,1-3H3,(H,29,33,34). The van der Waals surface area contributed by atoms with Gasteiger partial charge in [0.2, 0.25) is 5.91 Å². The fourth-order valence-electron chi connectivity index (χ4n) is 4.04. The summed E-state index contributed by atoms with van der Waals surface area (Å²) in [5.41, 5.74) is 8.85. The highest BCUT2D eigenvalue weighted by Gasteiger charge is 2.23. The zero-order valence-corrected chi connectivity index (χ0v) is 20.7. The monoisotopic (exact) mass is 489 g/mol. The van der Waals surface area contributed by atoms with Crippen molar-refractivity contribution in [2.24, 2.45) is 0 Å². The van der Waals surface area contributed by atoms with E-state index < -0.39 is 11.2 Å². The minimum absolute atomic E-state index is 0.0212. The second-order valence-corrected chi connectivity index (χ2v) is 9.24. The van der Waals surface area contributed by atoms with E-state index >= 15 is 0 Å². The number of aromatic amines is 1. The first kappa shape index (κ1) is 24.3. The number of nitrogens with two attached hydrogens (primary N) is 1. The average molecular weight is 490 g/mol. The van der Waals surface area contributed by atoms with Crippen molar-refractivity contribution in [3.05, 3.63) is 92.1 Å². The summed E-state index contributed by atoms with van der Waals surface area (Å²) < 4.78 is 1.27. The Kier molecular flexibility index (Phi) is 7.07. The molecule has 8 nitrogen and oxygen atoms in total. The van der Waals surface area contributed by atoms with Gasteiger partial charge < -0.3 is 10.6 Å². The Morgan fingerprint density at radius 1 is 1.09 bits per heavy atom. The van der Waals surface area contributed by atoms with Crippen molar-refractivity contribution >= 4 is 40.1 Å². The van der Waals surface area contributed by atoms with Gasteiger partial charge in [-0.15, -0.1) is 0 Å². The summed E-state index contributed by atoms with van der Waals surface area (Å²) in [6, 6.07) is 17.3. The summed E-state index contributed by atoms with van der Waals surface area (Å²) in [7, 11) is 0. The number of carbonyl (C=O) groups excluding carboxylic acids is 1. The molecule has 0 atom stereocenters. The molecule has 0 aliphatic heterocycles. The van der Waals surface area contributed by atoms with Crippen molar-refractivity contribution in [1.29, 1.82) is 0 Å². The number of nitrogens with one attached hydrogen (secondary N) is 1. The van der Waals surface area contributed by atoms with Crippen molar-refractivity contribution in [1.82, 2.24) is 14.5 Å². The number of hydrogen-bond donors (Lipinski definition) is 2. The number of anilines is 2. The molecule has 0 aliphatic rings. The third kappa shape index (κ3) is 5.00. The van der Waals surface area contributed by atoms with Gasteiger partial charge in [0, 0.05) is 11.9 Å². The molecule has 4 rings (SSSR count). The summed E-state index contributed by atoms with van der Waals surface area (Å²) in [5.74, 6) is -0.281. The Bertz CT molecular complexity index is 1510. The number of aromatic nitrogens is 3. The van der Waals surface area contributed by atoms with Crippen LogP contribution >= 0.6 is 11.8 Å². The molecule has 1 amide bonds. The molecule has 0 radical (unpaired) electrons. The Balaban J connectivity index is 1.61. The smallest absolute Gasteiger partial charge is 0.330 e. The maximum atomic E-state index is 13.2. The average Bonchev–Trinajstić information content (AvgIpc) is 2.84. The predicted molar refractivity (Wildman–Crippen MR) is 141 cm³/mol. The lowest BCUT2D eigenvalue weighted by atomic mass is 10.1.